The topological polar surface area (TPSA) is 42.4 Å². The molecule has 0 unspecified atom stereocenters. The Morgan fingerprint density at radius 2 is 2.22 bits per heavy atom. The summed E-state index contributed by atoms with van der Waals surface area (Å²) < 4.78 is 5.95. The molecule has 0 bridgehead atoms. The monoisotopic (exact) mass is 330 g/mol. The van der Waals surface area contributed by atoms with E-state index in [0.29, 0.717) is 6.54 Å². The summed E-state index contributed by atoms with van der Waals surface area (Å²) in [6, 6.07) is 10.5. The summed E-state index contributed by atoms with van der Waals surface area (Å²) in [5.74, 6) is 0.0976. The van der Waals surface area contributed by atoms with Crippen molar-refractivity contribution in [3.05, 3.63) is 52.0 Å². The molecule has 1 atom stereocenters. The third-order valence-electron chi connectivity index (χ3n) is 4.18. The summed E-state index contributed by atoms with van der Waals surface area (Å²) in [7, 11) is 0. The lowest BCUT2D eigenvalue weighted by Gasteiger charge is -2.16. The van der Waals surface area contributed by atoms with Crippen LogP contribution in [0.4, 0.5) is 0 Å². The van der Waals surface area contributed by atoms with Crippen LogP contribution in [-0.4, -0.2) is 41.6 Å². The van der Waals surface area contributed by atoms with Gasteiger partial charge in [0.05, 0.1) is 17.3 Å². The predicted octanol–water partition coefficient (Wildman–Crippen LogP) is 3.32. The van der Waals surface area contributed by atoms with Gasteiger partial charge in [0, 0.05) is 19.7 Å². The Kier molecular flexibility index (Phi) is 5.41. The van der Waals surface area contributed by atoms with Crippen molar-refractivity contribution in [2.24, 2.45) is 0 Å². The SMILES string of the molecule is Cc1ncsc1C(=O)N1CC[C@H](OCCCc2ccccc2)C1. The van der Waals surface area contributed by atoms with Crippen molar-refractivity contribution in [3.63, 3.8) is 0 Å². The minimum atomic E-state index is 0.0976. The maximum atomic E-state index is 12.4. The highest BCUT2D eigenvalue weighted by Gasteiger charge is 2.28. The molecule has 0 aliphatic carbocycles. The van der Waals surface area contributed by atoms with Gasteiger partial charge in [0.15, 0.2) is 0 Å². The molecule has 5 heteroatoms. The minimum absolute atomic E-state index is 0.0976. The molecule has 122 valence electrons. The molecule has 0 N–H and O–H groups in total. The third-order valence-corrected chi connectivity index (χ3v) is 5.09. The van der Waals surface area contributed by atoms with Crippen LogP contribution in [0.25, 0.3) is 0 Å². The van der Waals surface area contributed by atoms with E-state index in [-0.39, 0.29) is 12.0 Å². The number of hydrogen-bond donors (Lipinski definition) is 0. The van der Waals surface area contributed by atoms with Crippen LogP contribution in [0.2, 0.25) is 0 Å². The number of rotatable bonds is 6. The van der Waals surface area contributed by atoms with Crippen LogP contribution in [0.3, 0.4) is 0 Å². The van der Waals surface area contributed by atoms with Crippen molar-refractivity contribution in [2.45, 2.75) is 32.3 Å². The van der Waals surface area contributed by atoms with E-state index in [9.17, 15) is 4.79 Å². The predicted molar refractivity (Wildman–Crippen MR) is 91.9 cm³/mol. The van der Waals surface area contributed by atoms with Gasteiger partial charge in [0.2, 0.25) is 0 Å². The Morgan fingerprint density at radius 1 is 1.39 bits per heavy atom. The van der Waals surface area contributed by atoms with Gasteiger partial charge in [-0.05, 0) is 31.7 Å². The van der Waals surface area contributed by atoms with Crippen LogP contribution >= 0.6 is 11.3 Å². The molecule has 1 fully saturated rings. The molecular formula is C18H22N2O2S. The van der Waals surface area contributed by atoms with Crippen molar-refractivity contribution in [2.75, 3.05) is 19.7 Å². The van der Waals surface area contributed by atoms with Gasteiger partial charge in [-0.1, -0.05) is 30.3 Å². The molecular weight excluding hydrogens is 308 g/mol. The first-order valence-electron chi connectivity index (χ1n) is 8.09. The second-order valence-corrected chi connectivity index (χ2v) is 6.74. The summed E-state index contributed by atoms with van der Waals surface area (Å²) in [5, 5.41) is 0. The molecule has 2 aromatic rings. The zero-order valence-electron chi connectivity index (χ0n) is 13.4. The molecule has 1 aromatic heterocycles. The van der Waals surface area contributed by atoms with Gasteiger partial charge in [0.1, 0.15) is 4.88 Å². The number of ether oxygens (including phenoxy) is 1. The quantitative estimate of drug-likeness (QED) is 0.763. The highest BCUT2D eigenvalue weighted by Crippen LogP contribution is 2.20. The number of benzene rings is 1. The Hall–Kier alpha value is -1.72. The van der Waals surface area contributed by atoms with Gasteiger partial charge in [-0.15, -0.1) is 11.3 Å². The van der Waals surface area contributed by atoms with Crippen molar-refractivity contribution in [1.29, 1.82) is 0 Å². The first kappa shape index (κ1) is 16.1. The lowest BCUT2D eigenvalue weighted by Crippen LogP contribution is -2.30. The molecule has 0 radical (unpaired) electrons. The lowest BCUT2D eigenvalue weighted by molar-refractivity contribution is 0.0526. The molecule has 3 rings (SSSR count). The van der Waals surface area contributed by atoms with Crippen molar-refractivity contribution in [3.8, 4) is 0 Å². The normalized spacial score (nSPS) is 17.6. The standard InChI is InChI=1S/C18H22N2O2S/c1-14-17(23-13-19-14)18(21)20-10-9-16(12-20)22-11-5-8-15-6-3-2-4-7-15/h2-4,6-7,13,16H,5,8-12H2,1H3/t16-/m0/s1. The minimum Gasteiger partial charge on any atom is -0.376 e. The Balaban J connectivity index is 1.40. The lowest BCUT2D eigenvalue weighted by atomic mass is 10.1. The molecule has 1 saturated heterocycles. The molecule has 4 nitrogen and oxygen atoms in total. The van der Waals surface area contributed by atoms with Gasteiger partial charge in [-0.2, -0.15) is 0 Å². The maximum absolute atomic E-state index is 12.4. The summed E-state index contributed by atoms with van der Waals surface area (Å²) in [5.41, 5.74) is 3.91. The number of amides is 1. The molecule has 1 aliphatic rings. The highest BCUT2D eigenvalue weighted by molar-refractivity contribution is 7.11. The number of nitrogens with zero attached hydrogens (tertiary/aromatic N) is 2. The van der Waals surface area contributed by atoms with E-state index < -0.39 is 0 Å². The largest absolute Gasteiger partial charge is 0.376 e. The van der Waals surface area contributed by atoms with E-state index >= 15 is 0 Å². The Labute approximate surface area is 141 Å². The fourth-order valence-electron chi connectivity index (χ4n) is 2.87. The fourth-order valence-corrected chi connectivity index (χ4v) is 3.64. The summed E-state index contributed by atoms with van der Waals surface area (Å²) in [6.07, 6.45) is 3.15. The molecule has 1 aromatic carbocycles. The Bertz CT molecular complexity index is 641. The number of aromatic nitrogens is 1. The number of carbonyl (C=O) groups is 1. The fraction of sp³-hybridized carbons (Fsp3) is 0.444. The van der Waals surface area contributed by atoms with Crippen LogP contribution in [0.1, 0.15) is 33.8 Å². The second-order valence-electron chi connectivity index (χ2n) is 5.89. The van der Waals surface area contributed by atoms with E-state index in [0.717, 1.165) is 43.0 Å². The van der Waals surface area contributed by atoms with Crippen LogP contribution in [0.15, 0.2) is 35.8 Å². The average molecular weight is 330 g/mol. The first-order valence-corrected chi connectivity index (χ1v) is 8.97. The van der Waals surface area contributed by atoms with E-state index in [1.165, 1.54) is 16.9 Å². The van der Waals surface area contributed by atoms with E-state index in [2.05, 4.69) is 29.2 Å². The summed E-state index contributed by atoms with van der Waals surface area (Å²) in [4.78, 5) is 19.2. The van der Waals surface area contributed by atoms with E-state index in [4.69, 9.17) is 4.74 Å². The highest BCUT2D eigenvalue weighted by atomic mass is 32.1. The van der Waals surface area contributed by atoms with Crippen LogP contribution in [0.5, 0.6) is 0 Å². The van der Waals surface area contributed by atoms with Gasteiger partial charge >= 0.3 is 0 Å². The number of hydrogen-bond acceptors (Lipinski definition) is 4. The molecule has 2 heterocycles. The molecule has 23 heavy (non-hydrogen) atoms. The number of aryl methyl sites for hydroxylation is 2. The number of likely N-dealkylation sites (tertiary alicyclic amines) is 1. The summed E-state index contributed by atoms with van der Waals surface area (Å²) >= 11 is 1.42. The smallest absolute Gasteiger partial charge is 0.265 e. The van der Waals surface area contributed by atoms with Gasteiger partial charge in [0.25, 0.3) is 5.91 Å². The van der Waals surface area contributed by atoms with Crippen molar-refractivity contribution >= 4 is 17.2 Å². The van der Waals surface area contributed by atoms with Crippen LogP contribution in [0, 0.1) is 6.92 Å². The van der Waals surface area contributed by atoms with Gasteiger partial charge in [-0.25, -0.2) is 4.98 Å². The third kappa shape index (κ3) is 4.18. The van der Waals surface area contributed by atoms with Crippen LogP contribution < -0.4 is 0 Å². The number of thiazole rings is 1. The molecule has 0 saturated carbocycles. The van der Waals surface area contributed by atoms with Gasteiger partial charge < -0.3 is 9.64 Å². The molecule has 0 spiro atoms. The van der Waals surface area contributed by atoms with Gasteiger partial charge in [-0.3, -0.25) is 4.79 Å². The summed E-state index contributed by atoms with van der Waals surface area (Å²) in [6.45, 7) is 4.11. The zero-order chi connectivity index (χ0) is 16.1. The molecule has 1 aliphatic heterocycles. The van der Waals surface area contributed by atoms with Crippen molar-refractivity contribution < 1.29 is 9.53 Å². The Morgan fingerprint density at radius 3 is 2.96 bits per heavy atom. The van der Waals surface area contributed by atoms with E-state index in [1.807, 2.05) is 17.9 Å². The maximum Gasteiger partial charge on any atom is 0.265 e. The number of carbonyl (C=O) groups excluding carboxylic acids is 1. The first-order chi connectivity index (χ1) is 11.2. The van der Waals surface area contributed by atoms with Crippen LogP contribution in [-0.2, 0) is 11.2 Å². The van der Waals surface area contributed by atoms with E-state index in [1.54, 1.807) is 5.51 Å². The average Bonchev–Trinajstić information content (AvgIpc) is 3.21. The van der Waals surface area contributed by atoms with Crippen molar-refractivity contribution in [1.82, 2.24) is 9.88 Å². The zero-order valence-corrected chi connectivity index (χ0v) is 14.2. The molecule has 1 amide bonds. The second kappa shape index (κ2) is 7.70.